The maximum atomic E-state index is 13.6. The minimum Gasteiger partial charge on any atom is -0.339 e. The van der Waals surface area contributed by atoms with Gasteiger partial charge in [-0.25, -0.2) is 4.39 Å². The highest BCUT2D eigenvalue weighted by Crippen LogP contribution is 2.41. The molecule has 1 fully saturated rings. The summed E-state index contributed by atoms with van der Waals surface area (Å²) in [5.74, 6) is -0.830. The van der Waals surface area contributed by atoms with E-state index >= 15 is 0 Å². The molecule has 1 aliphatic heterocycles. The van der Waals surface area contributed by atoms with Crippen LogP contribution in [0.1, 0.15) is 60.9 Å². The molecule has 2 aromatic rings. The van der Waals surface area contributed by atoms with Crippen molar-refractivity contribution in [2.24, 2.45) is 0 Å². The molecule has 0 aliphatic carbocycles. The molecule has 0 radical (unpaired) electrons. The first kappa shape index (κ1) is 28.0. The fourth-order valence-corrected chi connectivity index (χ4v) is 4.77. The second-order valence-electron chi connectivity index (χ2n) is 9.64. The maximum absolute atomic E-state index is 13.6. The van der Waals surface area contributed by atoms with Gasteiger partial charge in [0, 0.05) is 18.9 Å². The normalized spacial score (nSPS) is 20.6. The lowest BCUT2D eigenvalue weighted by Crippen LogP contribution is -2.38. The Kier molecular flexibility index (Phi) is 8.07. The Bertz CT molecular complexity index is 1030. The number of rotatable bonds is 5. The Morgan fingerprint density at radius 3 is 2.06 bits per heavy atom. The zero-order valence-corrected chi connectivity index (χ0v) is 20.3. The largest absolute Gasteiger partial charge is 0.416 e. The molecule has 1 heterocycles. The van der Waals surface area contributed by atoms with E-state index in [1.165, 1.54) is 31.0 Å². The van der Waals surface area contributed by atoms with E-state index in [0.717, 1.165) is 18.5 Å². The van der Waals surface area contributed by atoms with E-state index < -0.39 is 46.7 Å². The van der Waals surface area contributed by atoms with Crippen LogP contribution in [0.4, 0.5) is 30.7 Å². The summed E-state index contributed by atoms with van der Waals surface area (Å²) in [6, 6.07) is 6.26. The lowest BCUT2D eigenvalue weighted by Gasteiger charge is -2.36. The van der Waals surface area contributed by atoms with Crippen LogP contribution in [0.2, 0.25) is 0 Å². The standard InChI is InChI=1S/C26H29F7N2O/c1-17(18-13-20(25(28,29)30)15-21(14-18)26(31,32)33)35(3)23(36)16-24(9-4-11-34(2)12-10-24)19-5-7-22(27)8-6-19/h5-8,13-15,17H,4,9-12,16H2,1-3H3/t17-,24?/m1/s1. The van der Waals surface area contributed by atoms with Gasteiger partial charge in [0.1, 0.15) is 5.82 Å². The predicted molar refractivity (Wildman–Crippen MR) is 122 cm³/mol. The van der Waals surface area contributed by atoms with Crippen LogP contribution < -0.4 is 0 Å². The third kappa shape index (κ3) is 6.38. The Labute approximate surface area is 205 Å². The summed E-state index contributed by atoms with van der Waals surface area (Å²) >= 11 is 0. The van der Waals surface area contributed by atoms with Crippen molar-refractivity contribution < 1.29 is 35.5 Å². The number of alkyl halides is 6. The Balaban J connectivity index is 1.93. The highest BCUT2D eigenvalue weighted by Gasteiger charge is 2.40. The summed E-state index contributed by atoms with van der Waals surface area (Å²) < 4.78 is 93.6. The maximum Gasteiger partial charge on any atom is 0.416 e. The SMILES string of the molecule is C[C@H](c1cc(C(F)(F)F)cc(C(F)(F)F)c1)N(C)C(=O)CC1(c2ccc(F)cc2)CCCN(C)CC1. The molecule has 1 saturated heterocycles. The second-order valence-corrected chi connectivity index (χ2v) is 9.64. The first-order valence-corrected chi connectivity index (χ1v) is 11.6. The van der Waals surface area contributed by atoms with Gasteiger partial charge >= 0.3 is 12.4 Å². The molecule has 2 atom stereocenters. The molecule has 0 N–H and O–H groups in total. The van der Waals surface area contributed by atoms with Crippen LogP contribution in [-0.2, 0) is 22.6 Å². The molecule has 1 aliphatic rings. The van der Waals surface area contributed by atoms with Gasteiger partial charge in [-0.3, -0.25) is 4.79 Å². The minimum atomic E-state index is -4.97. The number of hydrogen-bond acceptors (Lipinski definition) is 2. The van der Waals surface area contributed by atoms with Crippen LogP contribution in [0.3, 0.4) is 0 Å². The number of halogens is 7. The van der Waals surface area contributed by atoms with Gasteiger partial charge in [-0.15, -0.1) is 0 Å². The molecule has 0 spiro atoms. The molecule has 198 valence electrons. The molecule has 10 heteroatoms. The molecular formula is C26H29F7N2O. The van der Waals surface area contributed by atoms with E-state index in [-0.39, 0.29) is 18.1 Å². The average molecular weight is 519 g/mol. The third-order valence-electron chi connectivity index (χ3n) is 7.18. The summed E-state index contributed by atoms with van der Waals surface area (Å²) in [5.41, 5.74) is -2.95. The molecule has 0 bridgehead atoms. The van der Waals surface area contributed by atoms with Crippen molar-refractivity contribution in [1.29, 1.82) is 0 Å². The molecule has 36 heavy (non-hydrogen) atoms. The van der Waals surface area contributed by atoms with E-state index in [1.54, 1.807) is 12.1 Å². The van der Waals surface area contributed by atoms with Gasteiger partial charge in [-0.05, 0) is 87.8 Å². The monoisotopic (exact) mass is 518 g/mol. The van der Waals surface area contributed by atoms with Gasteiger partial charge in [0.25, 0.3) is 0 Å². The average Bonchev–Trinajstić information content (AvgIpc) is 2.99. The summed E-state index contributed by atoms with van der Waals surface area (Å²) in [5, 5.41) is 0. The quantitative estimate of drug-likeness (QED) is 0.406. The Morgan fingerprint density at radius 2 is 1.53 bits per heavy atom. The van der Waals surface area contributed by atoms with Crippen molar-refractivity contribution in [3.05, 3.63) is 70.5 Å². The third-order valence-corrected chi connectivity index (χ3v) is 7.18. The number of hydrogen-bond donors (Lipinski definition) is 0. The predicted octanol–water partition coefficient (Wildman–Crippen LogP) is 6.83. The summed E-state index contributed by atoms with van der Waals surface area (Å²) in [4.78, 5) is 16.7. The van der Waals surface area contributed by atoms with Crippen LogP contribution in [0.15, 0.2) is 42.5 Å². The van der Waals surface area contributed by atoms with Crippen molar-refractivity contribution in [3.63, 3.8) is 0 Å². The van der Waals surface area contributed by atoms with Gasteiger partial charge in [-0.1, -0.05) is 12.1 Å². The van der Waals surface area contributed by atoms with Crippen LogP contribution in [-0.4, -0.2) is 42.9 Å². The Morgan fingerprint density at radius 1 is 0.972 bits per heavy atom. The number of nitrogens with zero attached hydrogens (tertiary/aromatic N) is 2. The number of carbonyl (C=O) groups is 1. The summed E-state index contributed by atoms with van der Waals surface area (Å²) in [7, 11) is 3.34. The van der Waals surface area contributed by atoms with Crippen LogP contribution in [0.25, 0.3) is 0 Å². The summed E-state index contributed by atoms with van der Waals surface area (Å²) in [6.07, 6.45) is -7.93. The highest BCUT2D eigenvalue weighted by atomic mass is 19.4. The van der Waals surface area contributed by atoms with Crippen LogP contribution in [0, 0.1) is 5.82 Å². The lowest BCUT2D eigenvalue weighted by molar-refractivity contribution is -0.143. The molecule has 1 amide bonds. The fraction of sp³-hybridized carbons (Fsp3) is 0.500. The van der Waals surface area contributed by atoms with Crippen LogP contribution >= 0.6 is 0 Å². The number of likely N-dealkylation sites (tertiary alicyclic amines) is 1. The van der Waals surface area contributed by atoms with Crippen molar-refractivity contribution in [1.82, 2.24) is 9.80 Å². The van der Waals surface area contributed by atoms with Crippen molar-refractivity contribution in [3.8, 4) is 0 Å². The van der Waals surface area contributed by atoms with E-state index in [1.807, 2.05) is 7.05 Å². The number of amides is 1. The zero-order chi connectivity index (χ0) is 26.9. The van der Waals surface area contributed by atoms with Gasteiger partial charge < -0.3 is 9.80 Å². The molecule has 0 aromatic heterocycles. The fourth-order valence-electron chi connectivity index (χ4n) is 4.77. The van der Waals surface area contributed by atoms with Gasteiger partial charge in [0.2, 0.25) is 5.91 Å². The second kappa shape index (κ2) is 10.4. The van der Waals surface area contributed by atoms with E-state index in [9.17, 15) is 35.5 Å². The molecule has 2 aromatic carbocycles. The van der Waals surface area contributed by atoms with Gasteiger partial charge in [0.05, 0.1) is 17.2 Å². The summed E-state index contributed by atoms with van der Waals surface area (Å²) in [6.45, 7) is 2.90. The van der Waals surface area contributed by atoms with E-state index in [4.69, 9.17) is 0 Å². The molecule has 0 saturated carbocycles. The smallest absolute Gasteiger partial charge is 0.339 e. The number of carbonyl (C=O) groups excluding carboxylic acids is 1. The number of benzene rings is 2. The molecule has 3 nitrogen and oxygen atoms in total. The van der Waals surface area contributed by atoms with Gasteiger partial charge in [0.15, 0.2) is 0 Å². The topological polar surface area (TPSA) is 23.6 Å². The Hall–Kier alpha value is -2.62. The minimum absolute atomic E-state index is 0.00159. The van der Waals surface area contributed by atoms with Crippen molar-refractivity contribution in [2.45, 2.75) is 56.4 Å². The highest BCUT2D eigenvalue weighted by molar-refractivity contribution is 5.78. The van der Waals surface area contributed by atoms with Gasteiger partial charge in [-0.2, -0.15) is 26.3 Å². The zero-order valence-electron chi connectivity index (χ0n) is 20.3. The molecule has 1 unspecified atom stereocenters. The van der Waals surface area contributed by atoms with Crippen molar-refractivity contribution in [2.75, 3.05) is 27.2 Å². The van der Waals surface area contributed by atoms with E-state index in [0.29, 0.717) is 31.5 Å². The van der Waals surface area contributed by atoms with Crippen molar-refractivity contribution >= 4 is 5.91 Å². The first-order valence-electron chi connectivity index (χ1n) is 11.6. The molecular weight excluding hydrogens is 489 g/mol. The van der Waals surface area contributed by atoms with Crippen LogP contribution in [0.5, 0.6) is 0 Å². The molecule has 3 rings (SSSR count). The van der Waals surface area contributed by atoms with E-state index in [2.05, 4.69) is 4.90 Å². The lowest BCUT2D eigenvalue weighted by atomic mass is 9.71. The first-order chi connectivity index (χ1) is 16.6.